The summed E-state index contributed by atoms with van der Waals surface area (Å²) in [6.07, 6.45) is -0.883. The third kappa shape index (κ3) is 7.37. The van der Waals surface area contributed by atoms with Crippen molar-refractivity contribution in [2.24, 2.45) is 0 Å². The molecule has 1 N–H and O–H groups in total. The predicted octanol–water partition coefficient (Wildman–Crippen LogP) is 7.24. The van der Waals surface area contributed by atoms with Crippen LogP contribution in [0.2, 0.25) is 0 Å². The van der Waals surface area contributed by atoms with Gasteiger partial charge in [-0.15, -0.1) is 0 Å². The molecule has 0 saturated carbocycles. The van der Waals surface area contributed by atoms with E-state index in [0.717, 1.165) is 21.9 Å². The van der Waals surface area contributed by atoms with Gasteiger partial charge in [0.05, 0.1) is 23.3 Å². The molecule has 2 aromatic heterocycles. The Hall–Kier alpha value is -5.18. The van der Waals surface area contributed by atoms with E-state index in [1.807, 2.05) is 104 Å². The van der Waals surface area contributed by atoms with Crippen LogP contribution < -0.4 is 20.7 Å². The zero-order valence-electron chi connectivity index (χ0n) is 25.6. The molecule has 0 aliphatic heterocycles. The van der Waals surface area contributed by atoms with Gasteiger partial charge in [0.2, 0.25) is 0 Å². The molecule has 0 aliphatic carbocycles. The predicted molar refractivity (Wildman–Crippen MR) is 177 cm³/mol. The second-order valence-corrected chi connectivity index (χ2v) is 11.3. The molecule has 234 valence electrons. The zero-order valence-corrected chi connectivity index (χ0v) is 25.6. The first-order chi connectivity index (χ1) is 22.3. The van der Waals surface area contributed by atoms with E-state index in [1.165, 1.54) is 0 Å². The molecule has 0 amide bonds. The van der Waals surface area contributed by atoms with Crippen LogP contribution in [0.3, 0.4) is 0 Å². The van der Waals surface area contributed by atoms with Gasteiger partial charge >= 0.3 is 11.3 Å². The van der Waals surface area contributed by atoms with E-state index in [2.05, 4.69) is 0 Å². The zero-order chi connectivity index (χ0) is 32.0. The summed E-state index contributed by atoms with van der Waals surface area (Å²) in [5.41, 5.74) is 2.51. The largest absolute Gasteiger partial charge is 0.491 e. The van der Waals surface area contributed by atoms with Crippen LogP contribution in [0, 0.1) is 0 Å². The van der Waals surface area contributed by atoms with E-state index < -0.39 is 23.5 Å². The molecule has 6 aromatic rings. The Bertz CT molecular complexity index is 1910. The second kappa shape index (κ2) is 13.9. The van der Waals surface area contributed by atoms with E-state index in [4.69, 9.17) is 23.0 Å². The number of benzene rings is 4. The number of ether oxygens (including phenoxy) is 3. The third-order valence-corrected chi connectivity index (χ3v) is 7.55. The molecule has 8 nitrogen and oxygen atoms in total. The van der Waals surface area contributed by atoms with Gasteiger partial charge in [0.25, 0.3) is 0 Å². The molecule has 46 heavy (non-hydrogen) atoms. The molecule has 2 unspecified atom stereocenters. The number of rotatable bonds is 12. The minimum absolute atomic E-state index is 0.130. The lowest BCUT2D eigenvalue weighted by Gasteiger charge is -2.24. The standard InChI is InChI=1S/C38H34O8/c1-24(39)17-25(2)44-32(22-42-30-15-13-28-18-33(26-9-5-3-6-10-26)37(40)45-35(28)20-30)23-43-31-16-14-29-19-34(27-11-7-4-8-12-27)38(41)46-36(29)21-31/h3-16,18-21,24-25,32,39H,17,22-23H2,1-2H3. The van der Waals surface area contributed by atoms with Gasteiger partial charge in [0, 0.05) is 22.9 Å². The Kier molecular flexibility index (Phi) is 9.28. The highest BCUT2D eigenvalue weighted by Crippen LogP contribution is 2.26. The summed E-state index contributed by atoms with van der Waals surface area (Å²) >= 11 is 0. The molecule has 8 heteroatoms. The van der Waals surface area contributed by atoms with E-state index in [-0.39, 0.29) is 19.3 Å². The van der Waals surface area contributed by atoms with E-state index in [9.17, 15) is 14.7 Å². The van der Waals surface area contributed by atoms with Crippen LogP contribution in [0.1, 0.15) is 20.3 Å². The molecule has 2 heterocycles. The lowest BCUT2D eigenvalue weighted by atomic mass is 10.1. The molecule has 4 aromatic carbocycles. The minimum Gasteiger partial charge on any atom is -0.491 e. The Labute approximate surface area is 265 Å². The number of hydrogen-bond donors (Lipinski definition) is 1. The topological polar surface area (TPSA) is 108 Å². The summed E-state index contributed by atoms with van der Waals surface area (Å²) in [6, 6.07) is 33.0. The lowest BCUT2D eigenvalue weighted by molar-refractivity contribution is -0.0598. The summed E-state index contributed by atoms with van der Waals surface area (Å²) in [5, 5.41) is 11.4. The van der Waals surface area contributed by atoms with Crippen molar-refractivity contribution in [1.29, 1.82) is 0 Å². The Morgan fingerprint density at radius 3 is 1.52 bits per heavy atom. The fraction of sp³-hybridized carbons (Fsp3) is 0.211. The average molecular weight is 619 g/mol. The Morgan fingerprint density at radius 2 is 1.09 bits per heavy atom. The van der Waals surface area contributed by atoms with Crippen molar-refractivity contribution in [3.05, 3.63) is 130 Å². The molecule has 0 bridgehead atoms. The van der Waals surface area contributed by atoms with Crippen LogP contribution in [-0.2, 0) is 4.74 Å². The van der Waals surface area contributed by atoms with E-state index >= 15 is 0 Å². The monoisotopic (exact) mass is 618 g/mol. The van der Waals surface area contributed by atoms with Crippen LogP contribution >= 0.6 is 0 Å². The van der Waals surface area contributed by atoms with Gasteiger partial charge in [-0.25, -0.2) is 9.59 Å². The maximum absolute atomic E-state index is 12.7. The normalized spacial score (nSPS) is 12.8. The van der Waals surface area contributed by atoms with Crippen molar-refractivity contribution in [3.63, 3.8) is 0 Å². The number of hydrogen-bond acceptors (Lipinski definition) is 8. The van der Waals surface area contributed by atoms with Crippen LogP contribution in [0.25, 0.3) is 44.2 Å². The highest BCUT2D eigenvalue weighted by atomic mass is 16.6. The van der Waals surface area contributed by atoms with E-state index in [0.29, 0.717) is 40.2 Å². The summed E-state index contributed by atoms with van der Waals surface area (Å²) in [7, 11) is 0. The number of aliphatic hydroxyl groups is 1. The van der Waals surface area contributed by atoms with Crippen molar-refractivity contribution in [2.75, 3.05) is 13.2 Å². The summed E-state index contributed by atoms with van der Waals surface area (Å²) < 4.78 is 29.6. The Morgan fingerprint density at radius 1 is 0.630 bits per heavy atom. The molecular weight excluding hydrogens is 584 g/mol. The minimum atomic E-state index is -0.536. The first-order valence-corrected chi connectivity index (χ1v) is 15.2. The second-order valence-electron chi connectivity index (χ2n) is 11.3. The van der Waals surface area contributed by atoms with Crippen molar-refractivity contribution in [1.82, 2.24) is 0 Å². The lowest BCUT2D eigenvalue weighted by Crippen LogP contribution is -2.33. The maximum atomic E-state index is 12.7. The molecule has 2 atom stereocenters. The fourth-order valence-electron chi connectivity index (χ4n) is 5.37. The quantitative estimate of drug-likeness (QED) is 0.143. The van der Waals surface area contributed by atoms with Crippen LogP contribution in [-0.4, -0.2) is 36.6 Å². The van der Waals surface area contributed by atoms with Crippen LogP contribution in [0.5, 0.6) is 11.5 Å². The molecular formula is C38H34O8. The van der Waals surface area contributed by atoms with E-state index in [1.54, 1.807) is 19.1 Å². The summed E-state index contributed by atoms with van der Waals surface area (Å²) in [5.74, 6) is 1.00. The highest BCUT2D eigenvalue weighted by molar-refractivity contribution is 5.83. The van der Waals surface area contributed by atoms with Crippen molar-refractivity contribution in [2.45, 2.75) is 38.6 Å². The fourth-order valence-corrected chi connectivity index (χ4v) is 5.37. The maximum Gasteiger partial charge on any atom is 0.344 e. The SMILES string of the molecule is CC(O)CC(C)OC(COc1ccc2cc(-c3ccccc3)c(=O)oc2c1)COc1ccc2cc(-c3ccccc3)c(=O)oc2c1. The van der Waals surface area contributed by atoms with Crippen molar-refractivity contribution >= 4 is 21.9 Å². The van der Waals surface area contributed by atoms with Gasteiger partial charge in [0.15, 0.2) is 0 Å². The van der Waals surface area contributed by atoms with Crippen molar-refractivity contribution in [3.8, 4) is 33.8 Å². The van der Waals surface area contributed by atoms with Gasteiger partial charge in [0.1, 0.15) is 42.0 Å². The van der Waals surface area contributed by atoms with Gasteiger partial charge in [-0.3, -0.25) is 0 Å². The van der Waals surface area contributed by atoms with Gasteiger partial charge < -0.3 is 28.2 Å². The van der Waals surface area contributed by atoms with Crippen LogP contribution in [0.4, 0.5) is 0 Å². The molecule has 6 rings (SSSR count). The first-order valence-electron chi connectivity index (χ1n) is 15.2. The molecule has 0 aliphatic rings. The van der Waals surface area contributed by atoms with Crippen LogP contribution in [0.15, 0.2) is 128 Å². The van der Waals surface area contributed by atoms with Gasteiger partial charge in [-0.1, -0.05) is 60.7 Å². The molecule has 0 spiro atoms. The average Bonchev–Trinajstić information content (AvgIpc) is 3.05. The number of aliphatic hydroxyl groups excluding tert-OH is 1. The van der Waals surface area contributed by atoms with Gasteiger partial charge in [-0.2, -0.15) is 0 Å². The molecule has 0 radical (unpaired) electrons. The summed E-state index contributed by atoms with van der Waals surface area (Å²) in [4.78, 5) is 25.5. The van der Waals surface area contributed by atoms with Crippen molar-refractivity contribution < 1.29 is 28.2 Å². The number of fused-ring (bicyclic) bond motifs is 2. The first kappa shape index (κ1) is 30.8. The summed E-state index contributed by atoms with van der Waals surface area (Å²) in [6.45, 7) is 3.85. The van der Waals surface area contributed by atoms with Gasteiger partial charge in [-0.05, 0) is 67.8 Å². The molecule has 0 fully saturated rings. The Balaban J connectivity index is 1.17. The highest BCUT2D eigenvalue weighted by Gasteiger charge is 2.18. The smallest absolute Gasteiger partial charge is 0.344 e. The molecule has 0 saturated heterocycles. The third-order valence-electron chi connectivity index (χ3n) is 7.55.